The summed E-state index contributed by atoms with van der Waals surface area (Å²) in [5, 5.41) is 10.5. The predicted octanol–water partition coefficient (Wildman–Crippen LogP) is 3.42. The Kier molecular flexibility index (Phi) is 3.52. The van der Waals surface area contributed by atoms with Crippen LogP contribution in [-0.4, -0.2) is 9.78 Å². The molecule has 0 saturated heterocycles. The zero-order valence-electron chi connectivity index (χ0n) is 11.9. The molecule has 1 unspecified atom stereocenters. The first-order chi connectivity index (χ1) is 9.74. The molecule has 0 spiro atoms. The summed E-state index contributed by atoms with van der Waals surface area (Å²) < 4.78 is 1.83. The summed E-state index contributed by atoms with van der Waals surface area (Å²) in [5.74, 6) is 0. The highest BCUT2D eigenvalue weighted by Crippen LogP contribution is 2.24. The third-order valence-electron chi connectivity index (χ3n) is 3.65. The average Bonchev–Trinajstić information content (AvgIpc) is 2.90. The van der Waals surface area contributed by atoms with Crippen LogP contribution in [0.25, 0.3) is 10.8 Å². The molecule has 3 nitrogen and oxygen atoms in total. The normalized spacial score (nSPS) is 12.7. The second-order valence-corrected chi connectivity index (χ2v) is 5.15. The van der Waals surface area contributed by atoms with Crippen LogP contribution in [0.2, 0.25) is 0 Å². The minimum atomic E-state index is 0.295. The summed E-state index contributed by atoms with van der Waals surface area (Å²) in [6.07, 6.45) is 1.97. The molecule has 1 heterocycles. The van der Waals surface area contributed by atoms with Gasteiger partial charge in [0.15, 0.2) is 0 Å². The molecule has 102 valence electrons. The van der Waals surface area contributed by atoms with E-state index < -0.39 is 0 Å². The number of hydrogen-bond donors (Lipinski definition) is 1. The van der Waals surface area contributed by atoms with Crippen LogP contribution in [-0.2, 0) is 13.6 Å². The monoisotopic (exact) mass is 265 g/mol. The maximum absolute atomic E-state index is 4.39. The zero-order valence-corrected chi connectivity index (χ0v) is 11.9. The molecule has 0 amide bonds. The maximum Gasteiger partial charge on any atom is 0.0762 e. The number of hydrogen-bond acceptors (Lipinski definition) is 2. The SMILES string of the molecule is CC(NCc1ccn(C)n1)c1cccc2ccccc12. The fourth-order valence-corrected chi connectivity index (χ4v) is 2.55. The highest BCUT2D eigenvalue weighted by molar-refractivity contribution is 5.86. The molecule has 3 rings (SSSR count). The van der Waals surface area contributed by atoms with Crippen LogP contribution < -0.4 is 5.32 Å². The van der Waals surface area contributed by atoms with Crippen molar-refractivity contribution in [3.8, 4) is 0 Å². The first-order valence-electron chi connectivity index (χ1n) is 6.93. The molecular weight excluding hydrogens is 246 g/mol. The van der Waals surface area contributed by atoms with E-state index in [9.17, 15) is 0 Å². The topological polar surface area (TPSA) is 29.9 Å². The highest BCUT2D eigenvalue weighted by atomic mass is 15.3. The Hall–Kier alpha value is -2.13. The second kappa shape index (κ2) is 5.47. The first kappa shape index (κ1) is 12.9. The van der Waals surface area contributed by atoms with Gasteiger partial charge in [0.1, 0.15) is 0 Å². The van der Waals surface area contributed by atoms with Crippen molar-refractivity contribution >= 4 is 10.8 Å². The van der Waals surface area contributed by atoms with Gasteiger partial charge in [0.25, 0.3) is 0 Å². The van der Waals surface area contributed by atoms with Gasteiger partial charge in [0, 0.05) is 25.8 Å². The van der Waals surface area contributed by atoms with E-state index in [4.69, 9.17) is 0 Å². The molecule has 1 N–H and O–H groups in total. The predicted molar refractivity (Wildman–Crippen MR) is 82.4 cm³/mol. The molecule has 0 aliphatic carbocycles. The van der Waals surface area contributed by atoms with Crippen molar-refractivity contribution in [1.29, 1.82) is 0 Å². The molecule has 1 atom stereocenters. The highest BCUT2D eigenvalue weighted by Gasteiger charge is 2.09. The van der Waals surface area contributed by atoms with Gasteiger partial charge in [-0.1, -0.05) is 42.5 Å². The van der Waals surface area contributed by atoms with Gasteiger partial charge in [0.05, 0.1) is 5.69 Å². The van der Waals surface area contributed by atoms with E-state index >= 15 is 0 Å². The van der Waals surface area contributed by atoms with Crippen LogP contribution >= 0.6 is 0 Å². The van der Waals surface area contributed by atoms with Crippen molar-refractivity contribution in [1.82, 2.24) is 15.1 Å². The molecule has 0 fully saturated rings. The number of rotatable bonds is 4. The van der Waals surface area contributed by atoms with Gasteiger partial charge in [-0.25, -0.2) is 0 Å². The van der Waals surface area contributed by atoms with Crippen molar-refractivity contribution in [3.05, 3.63) is 66.0 Å². The first-order valence-corrected chi connectivity index (χ1v) is 6.93. The molecule has 2 aromatic carbocycles. The molecule has 1 aromatic heterocycles. The molecule has 0 aliphatic rings. The maximum atomic E-state index is 4.39. The quantitative estimate of drug-likeness (QED) is 0.783. The van der Waals surface area contributed by atoms with E-state index in [2.05, 4.69) is 59.8 Å². The van der Waals surface area contributed by atoms with Crippen LogP contribution in [0, 0.1) is 0 Å². The van der Waals surface area contributed by atoms with E-state index in [0.29, 0.717) is 6.04 Å². The molecule has 0 saturated carbocycles. The van der Waals surface area contributed by atoms with E-state index in [-0.39, 0.29) is 0 Å². The number of aryl methyl sites for hydroxylation is 1. The smallest absolute Gasteiger partial charge is 0.0762 e. The molecule has 20 heavy (non-hydrogen) atoms. The number of nitrogens with one attached hydrogen (secondary N) is 1. The van der Waals surface area contributed by atoms with Gasteiger partial charge in [-0.3, -0.25) is 4.68 Å². The lowest BCUT2D eigenvalue weighted by Crippen LogP contribution is -2.18. The summed E-state index contributed by atoms with van der Waals surface area (Å²) in [7, 11) is 1.94. The third-order valence-corrected chi connectivity index (χ3v) is 3.65. The van der Waals surface area contributed by atoms with Crippen molar-refractivity contribution in [2.24, 2.45) is 7.05 Å². The molecule has 0 radical (unpaired) electrons. The van der Waals surface area contributed by atoms with Crippen molar-refractivity contribution in [3.63, 3.8) is 0 Å². The largest absolute Gasteiger partial charge is 0.304 e. The lowest BCUT2D eigenvalue weighted by atomic mass is 10.00. The Labute approximate surface area is 119 Å². The van der Waals surface area contributed by atoms with Crippen LogP contribution in [0.4, 0.5) is 0 Å². The molecular formula is C17H19N3. The minimum Gasteiger partial charge on any atom is -0.304 e. The lowest BCUT2D eigenvalue weighted by Gasteiger charge is -2.16. The Balaban J connectivity index is 1.80. The fraction of sp³-hybridized carbons (Fsp3) is 0.235. The Bertz CT molecular complexity index is 710. The van der Waals surface area contributed by atoms with Gasteiger partial charge in [-0.15, -0.1) is 0 Å². The van der Waals surface area contributed by atoms with Gasteiger partial charge >= 0.3 is 0 Å². The van der Waals surface area contributed by atoms with E-state index in [1.54, 1.807) is 0 Å². The summed E-state index contributed by atoms with van der Waals surface area (Å²) in [6, 6.07) is 17.3. The molecule has 3 heteroatoms. The van der Waals surface area contributed by atoms with Crippen molar-refractivity contribution in [2.45, 2.75) is 19.5 Å². The van der Waals surface area contributed by atoms with Gasteiger partial charge in [0.2, 0.25) is 0 Å². The van der Waals surface area contributed by atoms with Crippen molar-refractivity contribution < 1.29 is 0 Å². The summed E-state index contributed by atoms with van der Waals surface area (Å²) >= 11 is 0. The van der Waals surface area contributed by atoms with E-state index in [1.807, 2.05) is 24.0 Å². The van der Waals surface area contributed by atoms with E-state index in [1.165, 1.54) is 16.3 Å². The summed E-state index contributed by atoms with van der Waals surface area (Å²) in [4.78, 5) is 0. The van der Waals surface area contributed by atoms with Crippen LogP contribution in [0.3, 0.4) is 0 Å². The van der Waals surface area contributed by atoms with E-state index in [0.717, 1.165) is 12.2 Å². The molecule has 0 aliphatic heterocycles. The lowest BCUT2D eigenvalue weighted by molar-refractivity contribution is 0.565. The molecule has 3 aromatic rings. The summed E-state index contributed by atoms with van der Waals surface area (Å²) in [6.45, 7) is 2.98. The van der Waals surface area contributed by atoms with Crippen LogP contribution in [0.1, 0.15) is 24.2 Å². The number of nitrogens with zero attached hydrogens (tertiary/aromatic N) is 2. The van der Waals surface area contributed by atoms with Crippen molar-refractivity contribution in [2.75, 3.05) is 0 Å². The number of fused-ring (bicyclic) bond motifs is 1. The number of benzene rings is 2. The fourth-order valence-electron chi connectivity index (χ4n) is 2.55. The van der Waals surface area contributed by atoms with Gasteiger partial charge in [-0.05, 0) is 29.3 Å². The standard InChI is InChI=1S/C17H19N3/c1-13(18-12-15-10-11-20(2)19-15)16-9-5-7-14-6-3-4-8-17(14)16/h3-11,13,18H,12H2,1-2H3. The minimum absolute atomic E-state index is 0.295. The Morgan fingerprint density at radius 2 is 1.90 bits per heavy atom. The van der Waals surface area contributed by atoms with Crippen LogP contribution in [0.15, 0.2) is 54.7 Å². The van der Waals surface area contributed by atoms with Gasteiger partial charge in [-0.2, -0.15) is 5.10 Å². The average molecular weight is 265 g/mol. The third kappa shape index (κ3) is 2.58. The van der Waals surface area contributed by atoms with Gasteiger partial charge < -0.3 is 5.32 Å². The zero-order chi connectivity index (χ0) is 13.9. The Morgan fingerprint density at radius 3 is 2.70 bits per heavy atom. The van der Waals surface area contributed by atoms with Crippen LogP contribution in [0.5, 0.6) is 0 Å². The second-order valence-electron chi connectivity index (χ2n) is 5.15. The number of aromatic nitrogens is 2. The molecule has 0 bridgehead atoms. The Morgan fingerprint density at radius 1 is 1.10 bits per heavy atom. The summed E-state index contributed by atoms with van der Waals surface area (Å²) in [5.41, 5.74) is 2.40.